The highest BCUT2D eigenvalue weighted by molar-refractivity contribution is 7.99. The first kappa shape index (κ1) is 29.1. The summed E-state index contributed by atoms with van der Waals surface area (Å²) >= 11 is 1.84. The summed E-state index contributed by atoms with van der Waals surface area (Å²) in [5.41, 5.74) is 9.89. The van der Waals surface area contributed by atoms with Crippen molar-refractivity contribution in [1.29, 1.82) is 0 Å². The van der Waals surface area contributed by atoms with E-state index in [-0.39, 0.29) is 0 Å². The molecule has 0 bridgehead atoms. The second-order valence-corrected chi connectivity index (χ2v) is 13.1. The van der Waals surface area contributed by atoms with Gasteiger partial charge in [0.25, 0.3) is 0 Å². The Bertz CT molecular complexity index is 2470. The van der Waals surface area contributed by atoms with E-state index in [1.807, 2.05) is 72.4 Å². The Kier molecular flexibility index (Phi) is 7.41. The molecule has 8 aromatic rings. The molecule has 49 heavy (non-hydrogen) atoms. The van der Waals surface area contributed by atoms with Crippen molar-refractivity contribution in [2.45, 2.75) is 9.79 Å². The van der Waals surface area contributed by atoms with Crippen LogP contribution in [0.4, 0.5) is 0 Å². The molecule has 230 valence electrons. The molecule has 3 nitrogen and oxygen atoms in total. The van der Waals surface area contributed by atoms with Crippen LogP contribution in [0.15, 0.2) is 174 Å². The van der Waals surface area contributed by atoms with Gasteiger partial charge in [-0.1, -0.05) is 176 Å². The molecule has 0 saturated heterocycles. The molecule has 0 radical (unpaired) electrons. The van der Waals surface area contributed by atoms with Crippen molar-refractivity contribution in [3.63, 3.8) is 0 Å². The maximum atomic E-state index is 5.06. The average Bonchev–Trinajstić information content (AvgIpc) is 3.20. The molecular formula is C45H29N3S. The molecule has 7 aromatic carbocycles. The normalized spacial score (nSPS) is 12.6. The molecule has 9 rings (SSSR count). The molecule has 1 aliphatic rings. The Balaban J connectivity index is 1.30. The smallest absolute Gasteiger partial charge is 0.164 e. The zero-order chi connectivity index (χ0) is 32.6. The lowest BCUT2D eigenvalue weighted by Crippen LogP contribution is -2.00. The van der Waals surface area contributed by atoms with Crippen molar-refractivity contribution in [3.05, 3.63) is 175 Å². The van der Waals surface area contributed by atoms with Crippen LogP contribution in [-0.2, 0) is 0 Å². The van der Waals surface area contributed by atoms with Crippen LogP contribution in [0.3, 0.4) is 0 Å². The first-order valence-electron chi connectivity index (χ1n) is 16.4. The van der Waals surface area contributed by atoms with E-state index in [0.717, 1.165) is 27.8 Å². The summed E-state index contributed by atoms with van der Waals surface area (Å²) in [5, 5.41) is 2.44. The second kappa shape index (κ2) is 12.5. The minimum absolute atomic E-state index is 0.638. The van der Waals surface area contributed by atoms with E-state index in [1.165, 1.54) is 42.8 Å². The number of aromatic nitrogens is 3. The molecule has 1 aromatic heterocycles. The van der Waals surface area contributed by atoms with Crippen LogP contribution in [0.2, 0.25) is 0 Å². The number of hydrogen-bond acceptors (Lipinski definition) is 4. The molecule has 0 spiro atoms. The van der Waals surface area contributed by atoms with Crippen molar-refractivity contribution in [2.24, 2.45) is 0 Å². The molecule has 1 aliphatic heterocycles. The van der Waals surface area contributed by atoms with Crippen LogP contribution in [0.1, 0.15) is 11.1 Å². The third-order valence-corrected chi connectivity index (χ3v) is 10.2. The van der Waals surface area contributed by atoms with Gasteiger partial charge in [0, 0.05) is 26.5 Å². The molecule has 4 heteroatoms. The number of rotatable bonds is 3. The monoisotopic (exact) mass is 643 g/mol. The summed E-state index contributed by atoms with van der Waals surface area (Å²) in [4.78, 5) is 17.5. The molecule has 2 heterocycles. The number of hydrogen-bond donors (Lipinski definition) is 0. The van der Waals surface area contributed by atoms with Crippen molar-refractivity contribution >= 4 is 34.7 Å². The summed E-state index contributed by atoms with van der Waals surface area (Å²) in [6, 6.07) is 57.4. The molecule has 0 saturated carbocycles. The minimum Gasteiger partial charge on any atom is -0.208 e. The van der Waals surface area contributed by atoms with Gasteiger partial charge >= 0.3 is 0 Å². The van der Waals surface area contributed by atoms with Crippen LogP contribution >= 0.6 is 11.8 Å². The average molecular weight is 644 g/mol. The topological polar surface area (TPSA) is 38.7 Å². The van der Waals surface area contributed by atoms with Crippen LogP contribution in [0, 0.1) is 0 Å². The van der Waals surface area contributed by atoms with Crippen LogP contribution in [0.5, 0.6) is 0 Å². The predicted molar refractivity (Wildman–Crippen MR) is 204 cm³/mol. The van der Waals surface area contributed by atoms with Gasteiger partial charge in [-0.25, -0.2) is 15.0 Å². The summed E-state index contributed by atoms with van der Waals surface area (Å²) < 4.78 is 0. The molecule has 0 atom stereocenters. The van der Waals surface area contributed by atoms with Crippen molar-refractivity contribution in [3.8, 4) is 56.4 Å². The molecule has 0 aliphatic carbocycles. The van der Waals surface area contributed by atoms with E-state index in [1.54, 1.807) is 0 Å². The zero-order valence-corrected chi connectivity index (χ0v) is 27.3. The summed E-state index contributed by atoms with van der Waals surface area (Å²) in [6.07, 6.45) is 4.49. The maximum Gasteiger partial charge on any atom is 0.164 e. The number of nitrogens with zero attached hydrogens (tertiary/aromatic N) is 3. The summed E-state index contributed by atoms with van der Waals surface area (Å²) in [7, 11) is 0. The van der Waals surface area contributed by atoms with Crippen molar-refractivity contribution in [1.82, 2.24) is 15.0 Å². The lowest BCUT2D eigenvalue weighted by Gasteiger charge is -2.17. The Morgan fingerprint density at radius 3 is 1.67 bits per heavy atom. The van der Waals surface area contributed by atoms with E-state index in [9.17, 15) is 0 Å². The highest BCUT2D eigenvalue weighted by atomic mass is 32.2. The third kappa shape index (κ3) is 5.52. The second-order valence-electron chi connectivity index (χ2n) is 12.0. The van der Waals surface area contributed by atoms with E-state index < -0.39 is 0 Å². The predicted octanol–water partition coefficient (Wildman–Crippen LogP) is 12.0. The van der Waals surface area contributed by atoms with Gasteiger partial charge < -0.3 is 0 Å². The first-order chi connectivity index (χ1) is 24.3. The van der Waals surface area contributed by atoms with Gasteiger partial charge in [-0.15, -0.1) is 0 Å². The fourth-order valence-corrected chi connectivity index (χ4v) is 7.77. The van der Waals surface area contributed by atoms with Gasteiger partial charge in [-0.2, -0.15) is 0 Å². The molecular weight excluding hydrogens is 615 g/mol. The molecule has 0 fully saturated rings. The molecule has 0 unspecified atom stereocenters. The maximum absolute atomic E-state index is 5.06. The quantitative estimate of drug-likeness (QED) is 0.192. The SMILES string of the molecule is C1=C\c2ccc(-c3nc(-c4ccccc4)nc(-c4ccccc4)n3)cc2-c2ccc3ccccc3c2Sc2ccccc2-c2ccccc2/1. The Hall–Kier alpha value is -6.10. The first-order valence-corrected chi connectivity index (χ1v) is 17.2. The Morgan fingerprint density at radius 1 is 0.367 bits per heavy atom. The Labute approximate surface area is 289 Å². The van der Waals surface area contributed by atoms with Gasteiger partial charge in [0.1, 0.15) is 0 Å². The van der Waals surface area contributed by atoms with Gasteiger partial charge in [0.2, 0.25) is 0 Å². The zero-order valence-electron chi connectivity index (χ0n) is 26.5. The van der Waals surface area contributed by atoms with Crippen molar-refractivity contribution in [2.75, 3.05) is 0 Å². The lowest BCUT2D eigenvalue weighted by atomic mass is 9.93. The van der Waals surface area contributed by atoms with E-state index >= 15 is 0 Å². The van der Waals surface area contributed by atoms with Crippen LogP contribution < -0.4 is 0 Å². The van der Waals surface area contributed by atoms with Gasteiger partial charge in [0.15, 0.2) is 17.5 Å². The largest absolute Gasteiger partial charge is 0.208 e. The summed E-state index contributed by atoms with van der Waals surface area (Å²) in [5.74, 6) is 1.94. The third-order valence-electron chi connectivity index (χ3n) is 8.97. The van der Waals surface area contributed by atoms with E-state index in [0.29, 0.717) is 17.5 Å². The number of fused-ring (bicyclic) bond motifs is 8. The van der Waals surface area contributed by atoms with Gasteiger partial charge in [0.05, 0.1) is 0 Å². The van der Waals surface area contributed by atoms with Gasteiger partial charge in [-0.3, -0.25) is 0 Å². The standard InChI is InChI=1S/C45H29N3S/c1-3-15-33(16-4-1)43-46-44(34-17-5-2-6-18-34)48-45(47-43)35-26-25-32-24-23-30-13-7-9-19-36(30)38-21-11-12-22-41(38)49-42-37-20-10-8-14-31(37)27-28-39(42)40(32)29-35/h1-29H/b24-23-. The van der Waals surface area contributed by atoms with E-state index in [2.05, 4.69) is 115 Å². The number of benzene rings is 7. The van der Waals surface area contributed by atoms with Crippen molar-refractivity contribution < 1.29 is 0 Å². The van der Waals surface area contributed by atoms with Crippen LogP contribution in [0.25, 0.3) is 79.3 Å². The summed E-state index contributed by atoms with van der Waals surface area (Å²) in [6.45, 7) is 0. The van der Waals surface area contributed by atoms with Crippen LogP contribution in [-0.4, -0.2) is 15.0 Å². The lowest BCUT2D eigenvalue weighted by molar-refractivity contribution is 1.07. The highest BCUT2D eigenvalue weighted by Gasteiger charge is 2.20. The Morgan fingerprint density at radius 2 is 0.939 bits per heavy atom. The van der Waals surface area contributed by atoms with Gasteiger partial charge in [-0.05, 0) is 56.3 Å². The fraction of sp³-hybridized carbons (Fsp3) is 0. The fourth-order valence-electron chi connectivity index (χ4n) is 6.53. The highest BCUT2D eigenvalue weighted by Crippen LogP contribution is 2.46. The minimum atomic E-state index is 0.638. The van der Waals surface area contributed by atoms with E-state index in [4.69, 9.17) is 15.0 Å². The molecule has 0 N–H and O–H groups in total. The molecule has 0 amide bonds.